The van der Waals surface area contributed by atoms with Gasteiger partial charge in [-0.15, -0.1) is 11.3 Å². The summed E-state index contributed by atoms with van der Waals surface area (Å²) in [5.41, 5.74) is 1.43. The van der Waals surface area contributed by atoms with Crippen LogP contribution in [-0.2, 0) is 4.79 Å². The lowest BCUT2D eigenvalue weighted by Crippen LogP contribution is -2.27. The molecule has 3 aromatic rings. The minimum Gasteiger partial charge on any atom is -0.309 e. The van der Waals surface area contributed by atoms with Gasteiger partial charge in [0.1, 0.15) is 11.5 Å². The van der Waals surface area contributed by atoms with Crippen molar-refractivity contribution in [3.05, 3.63) is 48.0 Å². The molecule has 1 amide bonds. The molecule has 3 rings (SSSR count). The fraction of sp³-hybridized carbons (Fsp3) is 0.176. The van der Waals surface area contributed by atoms with Crippen molar-refractivity contribution in [1.29, 1.82) is 0 Å². The van der Waals surface area contributed by atoms with Crippen LogP contribution in [0.5, 0.6) is 0 Å². The Labute approximate surface area is 144 Å². The average molecular weight is 339 g/mol. The first kappa shape index (κ1) is 16.2. The number of carbonyl (C=O) groups excluding carboxylic acids is 1. The summed E-state index contributed by atoms with van der Waals surface area (Å²) >= 11 is 1.59. The SMILES string of the molecule is CN(C)CC(=O)Nc1cc(-c2cccs2)nc(-c2ccccn2)n1. The molecule has 0 atom stereocenters. The van der Waals surface area contributed by atoms with Gasteiger partial charge in [-0.05, 0) is 37.7 Å². The fourth-order valence-electron chi connectivity index (χ4n) is 2.14. The maximum Gasteiger partial charge on any atom is 0.239 e. The molecule has 3 heterocycles. The van der Waals surface area contributed by atoms with Gasteiger partial charge < -0.3 is 10.2 Å². The van der Waals surface area contributed by atoms with E-state index in [2.05, 4.69) is 20.3 Å². The Bertz CT molecular complexity index is 818. The summed E-state index contributed by atoms with van der Waals surface area (Å²) in [5, 5.41) is 4.82. The molecule has 0 spiro atoms. The molecule has 0 saturated carbocycles. The van der Waals surface area contributed by atoms with Gasteiger partial charge in [0.25, 0.3) is 0 Å². The number of amides is 1. The number of nitrogens with one attached hydrogen (secondary N) is 1. The third kappa shape index (κ3) is 4.01. The van der Waals surface area contributed by atoms with Crippen LogP contribution in [-0.4, -0.2) is 46.4 Å². The molecule has 6 nitrogen and oxygen atoms in total. The normalized spacial score (nSPS) is 10.8. The predicted octanol–water partition coefficient (Wildman–Crippen LogP) is 2.77. The highest BCUT2D eigenvalue weighted by Crippen LogP contribution is 2.26. The van der Waals surface area contributed by atoms with Crippen LogP contribution in [0.1, 0.15) is 0 Å². The summed E-state index contributed by atoms with van der Waals surface area (Å²) in [6, 6.07) is 11.3. The number of nitrogens with zero attached hydrogens (tertiary/aromatic N) is 4. The van der Waals surface area contributed by atoms with Gasteiger partial charge in [-0.1, -0.05) is 12.1 Å². The first-order chi connectivity index (χ1) is 11.6. The van der Waals surface area contributed by atoms with Crippen LogP contribution in [0.15, 0.2) is 48.0 Å². The molecule has 0 bridgehead atoms. The van der Waals surface area contributed by atoms with Gasteiger partial charge >= 0.3 is 0 Å². The lowest BCUT2D eigenvalue weighted by molar-refractivity contribution is -0.116. The lowest BCUT2D eigenvalue weighted by Gasteiger charge is -2.11. The Hall–Kier alpha value is -2.64. The molecule has 0 saturated heterocycles. The number of pyridine rings is 1. The highest BCUT2D eigenvalue weighted by molar-refractivity contribution is 7.13. The van der Waals surface area contributed by atoms with Crippen LogP contribution in [0.3, 0.4) is 0 Å². The third-order valence-corrected chi connectivity index (χ3v) is 4.01. The second kappa shape index (κ2) is 7.29. The largest absolute Gasteiger partial charge is 0.309 e. The number of likely N-dealkylation sites (N-methyl/N-ethyl adjacent to an activating group) is 1. The molecule has 7 heteroatoms. The van der Waals surface area contributed by atoms with Crippen molar-refractivity contribution in [2.45, 2.75) is 0 Å². The molecule has 0 aliphatic rings. The summed E-state index contributed by atoms with van der Waals surface area (Å²) in [6.07, 6.45) is 1.70. The van der Waals surface area contributed by atoms with E-state index >= 15 is 0 Å². The van der Waals surface area contributed by atoms with E-state index in [9.17, 15) is 4.79 Å². The first-order valence-electron chi connectivity index (χ1n) is 7.41. The second-order valence-electron chi connectivity index (χ2n) is 5.44. The van der Waals surface area contributed by atoms with Crippen LogP contribution < -0.4 is 5.32 Å². The molecule has 122 valence electrons. The number of anilines is 1. The molecule has 0 unspecified atom stereocenters. The molecular weight excluding hydrogens is 322 g/mol. The van der Waals surface area contributed by atoms with E-state index in [1.54, 1.807) is 28.5 Å². The molecule has 0 radical (unpaired) electrons. The number of carbonyl (C=O) groups is 1. The zero-order valence-electron chi connectivity index (χ0n) is 13.4. The Morgan fingerprint density at radius 2 is 2.04 bits per heavy atom. The molecule has 0 aliphatic carbocycles. The number of thiophene rings is 1. The van der Waals surface area contributed by atoms with Gasteiger partial charge in [0.2, 0.25) is 5.91 Å². The first-order valence-corrected chi connectivity index (χ1v) is 8.29. The summed E-state index contributed by atoms with van der Waals surface area (Å²) in [7, 11) is 3.69. The van der Waals surface area contributed by atoms with Crippen molar-refractivity contribution >= 4 is 23.1 Å². The predicted molar refractivity (Wildman–Crippen MR) is 95.8 cm³/mol. The molecule has 1 N–H and O–H groups in total. The average Bonchev–Trinajstić information content (AvgIpc) is 3.09. The van der Waals surface area contributed by atoms with E-state index in [0.29, 0.717) is 17.3 Å². The van der Waals surface area contributed by atoms with Crippen molar-refractivity contribution in [2.24, 2.45) is 0 Å². The van der Waals surface area contributed by atoms with Gasteiger partial charge in [0.05, 0.1) is 17.1 Å². The van der Waals surface area contributed by atoms with Gasteiger partial charge in [-0.25, -0.2) is 9.97 Å². The molecule has 0 fully saturated rings. The maximum absolute atomic E-state index is 12.0. The third-order valence-electron chi connectivity index (χ3n) is 3.12. The van der Waals surface area contributed by atoms with Crippen molar-refractivity contribution in [2.75, 3.05) is 26.0 Å². The van der Waals surface area contributed by atoms with Crippen LogP contribution >= 0.6 is 11.3 Å². The molecule has 24 heavy (non-hydrogen) atoms. The summed E-state index contributed by atoms with van der Waals surface area (Å²) in [6.45, 7) is 0.289. The van der Waals surface area contributed by atoms with Gasteiger partial charge in [-0.2, -0.15) is 0 Å². The molecule has 3 aromatic heterocycles. The number of rotatable bonds is 5. The Morgan fingerprint density at radius 1 is 1.17 bits per heavy atom. The van der Waals surface area contributed by atoms with E-state index in [4.69, 9.17) is 0 Å². The van der Waals surface area contributed by atoms with E-state index < -0.39 is 0 Å². The zero-order chi connectivity index (χ0) is 16.9. The number of aromatic nitrogens is 3. The maximum atomic E-state index is 12.0. The zero-order valence-corrected chi connectivity index (χ0v) is 14.2. The summed E-state index contributed by atoms with van der Waals surface area (Å²) in [5.74, 6) is 0.838. The second-order valence-corrected chi connectivity index (χ2v) is 6.39. The quantitative estimate of drug-likeness (QED) is 0.774. The van der Waals surface area contributed by atoms with E-state index in [-0.39, 0.29) is 12.5 Å². The topological polar surface area (TPSA) is 71.0 Å². The summed E-state index contributed by atoms with van der Waals surface area (Å²) < 4.78 is 0. The van der Waals surface area contributed by atoms with Crippen LogP contribution in [0.4, 0.5) is 5.82 Å². The minimum absolute atomic E-state index is 0.122. The van der Waals surface area contributed by atoms with Crippen molar-refractivity contribution < 1.29 is 4.79 Å². The van der Waals surface area contributed by atoms with Crippen LogP contribution in [0, 0.1) is 0 Å². The number of hydrogen-bond donors (Lipinski definition) is 1. The Kier molecular flexibility index (Phi) is 4.93. The van der Waals surface area contributed by atoms with Crippen LogP contribution in [0.25, 0.3) is 22.1 Å². The van der Waals surface area contributed by atoms with Crippen molar-refractivity contribution in [1.82, 2.24) is 19.9 Å². The Balaban J connectivity index is 1.99. The van der Waals surface area contributed by atoms with E-state index in [1.807, 2.05) is 49.8 Å². The minimum atomic E-state index is -0.122. The smallest absolute Gasteiger partial charge is 0.239 e. The molecular formula is C17H17N5OS. The van der Waals surface area contributed by atoms with Crippen molar-refractivity contribution in [3.8, 4) is 22.1 Å². The van der Waals surface area contributed by atoms with E-state index in [0.717, 1.165) is 10.6 Å². The molecule has 0 aromatic carbocycles. The lowest BCUT2D eigenvalue weighted by atomic mass is 10.3. The van der Waals surface area contributed by atoms with Gasteiger partial charge in [0.15, 0.2) is 5.82 Å². The highest BCUT2D eigenvalue weighted by Gasteiger charge is 2.12. The molecule has 0 aliphatic heterocycles. The Morgan fingerprint density at radius 3 is 2.71 bits per heavy atom. The summed E-state index contributed by atoms with van der Waals surface area (Å²) in [4.78, 5) is 28.2. The standard InChI is InChI=1S/C17H17N5OS/c1-22(2)11-16(23)20-15-10-13(14-7-5-9-24-14)19-17(21-15)12-6-3-4-8-18-12/h3-10H,11H2,1-2H3,(H,19,20,21,23). The van der Waals surface area contributed by atoms with E-state index in [1.165, 1.54) is 0 Å². The highest BCUT2D eigenvalue weighted by atomic mass is 32.1. The van der Waals surface area contributed by atoms with Gasteiger partial charge in [0, 0.05) is 12.3 Å². The monoisotopic (exact) mass is 339 g/mol. The van der Waals surface area contributed by atoms with Crippen LogP contribution in [0.2, 0.25) is 0 Å². The van der Waals surface area contributed by atoms with Crippen molar-refractivity contribution in [3.63, 3.8) is 0 Å². The van der Waals surface area contributed by atoms with Gasteiger partial charge in [-0.3, -0.25) is 9.78 Å². The number of hydrogen-bond acceptors (Lipinski definition) is 6. The fourth-order valence-corrected chi connectivity index (χ4v) is 2.83.